The van der Waals surface area contributed by atoms with Crippen molar-refractivity contribution in [3.05, 3.63) is 57.4 Å². The first-order valence-electron chi connectivity index (χ1n) is 5.93. The van der Waals surface area contributed by atoms with Gasteiger partial charge in [-0.05, 0) is 12.5 Å². The van der Waals surface area contributed by atoms with Gasteiger partial charge in [0.1, 0.15) is 5.56 Å². The maximum atomic E-state index is 13.9. The molecule has 2 heterocycles. The van der Waals surface area contributed by atoms with E-state index >= 15 is 0 Å². The Balaban J connectivity index is 2.57. The number of aromatic carboxylic acids is 1. The van der Waals surface area contributed by atoms with Gasteiger partial charge in [0.25, 0.3) is 0 Å². The predicted octanol–water partition coefficient (Wildman–Crippen LogP) is 2.09. The Labute approximate surface area is 111 Å². The summed E-state index contributed by atoms with van der Waals surface area (Å²) in [5, 5.41) is 8.92. The van der Waals surface area contributed by atoms with Crippen LogP contribution < -0.4 is 5.43 Å². The van der Waals surface area contributed by atoms with Crippen LogP contribution in [0, 0.1) is 11.6 Å². The Kier molecular flexibility index (Phi) is 2.67. The zero-order valence-electron chi connectivity index (χ0n) is 10.2. The standard InChI is InChI=1S/C14H9F2NO3/c15-10-5-8-12-7(11(10)16)3-1-2-4-17(12)6-9(13(8)18)14(19)20/h1-2,5-6H,3-4H2,(H,19,20). The van der Waals surface area contributed by atoms with Gasteiger partial charge in [-0.3, -0.25) is 4.79 Å². The number of carbonyl (C=O) groups is 1. The molecule has 20 heavy (non-hydrogen) atoms. The number of pyridine rings is 1. The average Bonchev–Trinajstić information content (AvgIpc) is 2.61. The van der Waals surface area contributed by atoms with Gasteiger partial charge in [0.05, 0.1) is 5.52 Å². The van der Waals surface area contributed by atoms with Gasteiger partial charge >= 0.3 is 5.97 Å². The fourth-order valence-corrected chi connectivity index (χ4v) is 2.47. The number of allylic oxidation sites excluding steroid dienone is 2. The molecular formula is C14H9F2NO3. The van der Waals surface area contributed by atoms with E-state index in [0.29, 0.717) is 6.54 Å². The molecule has 0 aliphatic carbocycles. The number of aromatic nitrogens is 1. The van der Waals surface area contributed by atoms with E-state index in [-0.39, 0.29) is 22.9 Å². The molecule has 6 heteroatoms. The van der Waals surface area contributed by atoms with Crippen LogP contribution in [0.5, 0.6) is 0 Å². The molecule has 0 spiro atoms. The summed E-state index contributed by atoms with van der Waals surface area (Å²) in [6.07, 6.45) is 4.71. The number of hydrogen-bond acceptors (Lipinski definition) is 2. The lowest BCUT2D eigenvalue weighted by molar-refractivity contribution is 0.0695. The summed E-state index contributed by atoms with van der Waals surface area (Å²) in [6.45, 7) is 0.301. The van der Waals surface area contributed by atoms with E-state index < -0.39 is 28.6 Å². The van der Waals surface area contributed by atoms with Crippen molar-refractivity contribution in [2.45, 2.75) is 13.0 Å². The first-order valence-corrected chi connectivity index (χ1v) is 5.93. The minimum atomic E-state index is -1.39. The largest absolute Gasteiger partial charge is 0.477 e. The molecular weight excluding hydrogens is 268 g/mol. The molecule has 0 atom stereocenters. The van der Waals surface area contributed by atoms with E-state index in [1.165, 1.54) is 10.8 Å². The van der Waals surface area contributed by atoms with Crippen LogP contribution in [-0.2, 0) is 13.0 Å². The molecule has 102 valence electrons. The van der Waals surface area contributed by atoms with Gasteiger partial charge in [0.2, 0.25) is 5.43 Å². The first-order chi connectivity index (χ1) is 9.50. The van der Waals surface area contributed by atoms with Crippen molar-refractivity contribution in [3.63, 3.8) is 0 Å². The second-order valence-corrected chi connectivity index (χ2v) is 4.55. The Hall–Kier alpha value is -2.50. The van der Waals surface area contributed by atoms with Gasteiger partial charge in [-0.2, -0.15) is 0 Å². The SMILES string of the molecule is O=C(O)c1cn2c3c(c(F)c(F)cc3c1=O)CC=CC2. The zero-order valence-corrected chi connectivity index (χ0v) is 10.2. The molecule has 2 aromatic rings. The quantitative estimate of drug-likeness (QED) is 0.812. The highest BCUT2D eigenvalue weighted by molar-refractivity contribution is 5.93. The molecule has 0 saturated heterocycles. The number of halogens is 2. The van der Waals surface area contributed by atoms with Crippen LogP contribution in [0.4, 0.5) is 8.78 Å². The third-order valence-electron chi connectivity index (χ3n) is 3.37. The Morgan fingerprint density at radius 1 is 1.30 bits per heavy atom. The lowest BCUT2D eigenvalue weighted by Gasteiger charge is -2.13. The molecule has 0 bridgehead atoms. The van der Waals surface area contributed by atoms with Crippen LogP contribution in [0.25, 0.3) is 10.9 Å². The third kappa shape index (κ3) is 1.65. The van der Waals surface area contributed by atoms with Crippen molar-refractivity contribution in [3.8, 4) is 0 Å². The van der Waals surface area contributed by atoms with Crippen LogP contribution in [0.1, 0.15) is 15.9 Å². The number of hydrogen-bond donors (Lipinski definition) is 1. The second-order valence-electron chi connectivity index (χ2n) is 4.55. The summed E-state index contributed by atoms with van der Waals surface area (Å²) in [7, 11) is 0. The topological polar surface area (TPSA) is 59.3 Å². The highest BCUT2D eigenvalue weighted by Gasteiger charge is 2.21. The van der Waals surface area contributed by atoms with Crippen molar-refractivity contribution in [1.29, 1.82) is 0 Å². The summed E-state index contributed by atoms with van der Waals surface area (Å²) < 4.78 is 28.9. The van der Waals surface area contributed by atoms with Crippen molar-refractivity contribution < 1.29 is 18.7 Å². The number of nitrogens with zero attached hydrogens (tertiary/aromatic N) is 1. The van der Waals surface area contributed by atoms with Gasteiger partial charge in [-0.15, -0.1) is 0 Å². The van der Waals surface area contributed by atoms with Crippen LogP contribution in [0.2, 0.25) is 0 Å². The van der Waals surface area contributed by atoms with Crippen molar-refractivity contribution in [2.24, 2.45) is 0 Å². The summed E-state index contributed by atoms with van der Waals surface area (Å²) in [4.78, 5) is 23.2. The molecule has 0 unspecified atom stereocenters. The average molecular weight is 277 g/mol. The molecule has 1 aromatic carbocycles. The minimum Gasteiger partial charge on any atom is -0.477 e. The molecule has 4 nitrogen and oxygen atoms in total. The number of rotatable bonds is 1. The van der Waals surface area contributed by atoms with E-state index in [4.69, 9.17) is 5.11 Å². The molecule has 0 fully saturated rings. The molecule has 0 saturated carbocycles. The number of carboxylic acid groups (broad SMARTS) is 1. The number of benzene rings is 1. The second kappa shape index (κ2) is 4.26. The third-order valence-corrected chi connectivity index (χ3v) is 3.37. The molecule has 0 radical (unpaired) electrons. The van der Waals surface area contributed by atoms with Crippen LogP contribution >= 0.6 is 0 Å². The molecule has 3 rings (SSSR count). The van der Waals surface area contributed by atoms with Crippen LogP contribution in [0.15, 0.2) is 29.2 Å². The van der Waals surface area contributed by atoms with Gasteiger partial charge in [-0.1, -0.05) is 12.2 Å². The molecule has 1 aliphatic heterocycles. The van der Waals surface area contributed by atoms with E-state index in [2.05, 4.69) is 0 Å². The lowest BCUT2D eigenvalue weighted by atomic mass is 10.0. The Morgan fingerprint density at radius 3 is 2.75 bits per heavy atom. The monoisotopic (exact) mass is 277 g/mol. The fraction of sp³-hybridized carbons (Fsp3) is 0.143. The van der Waals surface area contributed by atoms with E-state index in [1.54, 1.807) is 12.2 Å². The van der Waals surface area contributed by atoms with Gasteiger partial charge < -0.3 is 9.67 Å². The highest BCUT2D eigenvalue weighted by atomic mass is 19.2. The zero-order chi connectivity index (χ0) is 14.4. The first kappa shape index (κ1) is 12.5. The summed E-state index contributed by atoms with van der Waals surface area (Å²) in [5.41, 5.74) is -0.928. The summed E-state index contributed by atoms with van der Waals surface area (Å²) in [6, 6.07) is 0.769. The Bertz CT molecular complexity index is 837. The molecule has 0 amide bonds. The maximum absolute atomic E-state index is 13.9. The lowest BCUT2D eigenvalue weighted by Crippen LogP contribution is -2.20. The smallest absolute Gasteiger partial charge is 0.341 e. The van der Waals surface area contributed by atoms with E-state index in [0.717, 1.165) is 6.07 Å². The van der Waals surface area contributed by atoms with Gasteiger partial charge in [-0.25, -0.2) is 13.6 Å². The summed E-state index contributed by atoms with van der Waals surface area (Å²) >= 11 is 0. The van der Waals surface area contributed by atoms with Crippen LogP contribution in [-0.4, -0.2) is 15.6 Å². The van der Waals surface area contributed by atoms with E-state index in [9.17, 15) is 18.4 Å². The predicted molar refractivity (Wildman–Crippen MR) is 67.9 cm³/mol. The van der Waals surface area contributed by atoms with Crippen molar-refractivity contribution in [2.75, 3.05) is 0 Å². The van der Waals surface area contributed by atoms with Crippen molar-refractivity contribution >= 4 is 16.9 Å². The maximum Gasteiger partial charge on any atom is 0.341 e. The van der Waals surface area contributed by atoms with Crippen LogP contribution in [0.3, 0.4) is 0 Å². The molecule has 1 aliphatic rings. The Morgan fingerprint density at radius 2 is 2.05 bits per heavy atom. The van der Waals surface area contributed by atoms with Gasteiger partial charge in [0, 0.05) is 23.7 Å². The minimum absolute atomic E-state index is 0.0720. The summed E-state index contributed by atoms with van der Waals surface area (Å²) in [5.74, 6) is -3.53. The number of carboxylic acids is 1. The van der Waals surface area contributed by atoms with E-state index in [1.807, 2.05) is 0 Å². The fourth-order valence-electron chi connectivity index (χ4n) is 2.47. The highest BCUT2D eigenvalue weighted by Crippen LogP contribution is 2.25. The normalized spacial score (nSPS) is 13.5. The molecule has 1 N–H and O–H groups in total. The van der Waals surface area contributed by atoms with Crippen molar-refractivity contribution in [1.82, 2.24) is 4.57 Å². The molecule has 1 aromatic heterocycles. The van der Waals surface area contributed by atoms with Gasteiger partial charge in [0.15, 0.2) is 11.6 Å².